The van der Waals surface area contributed by atoms with Crippen molar-refractivity contribution in [2.24, 2.45) is 0 Å². The highest BCUT2D eigenvalue weighted by Crippen LogP contribution is 2.18. The third kappa shape index (κ3) is 4.31. The van der Waals surface area contributed by atoms with Gasteiger partial charge in [0.05, 0.1) is 18.8 Å². The van der Waals surface area contributed by atoms with Crippen LogP contribution in [0.1, 0.15) is 10.4 Å². The van der Waals surface area contributed by atoms with E-state index in [2.05, 4.69) is 9.80 Å². The molecule has 5 nitrogen and oxygen atoms in total. The van der Waals surface area contributed by atoms with Crippen LogP contribution in [0.5, 0.6) is 0 Å². The van der Waals surface area contributed by atoms with Crippen LogP contribution < -0.4 is 0 Å². The lowest BCUT2D eigenvalue weighted by Crippen LogP contribution is -2.51. The summed E-state index contributed by atoms with van der Waals surface area (Å²) in [7, 11) is 0. The molecule has 0 aromatic heterocycles. The standard InChI is InChI=1S/C17H22F3N3O2/c18-14-2-1-13(15(19)16(14)20)17(24)23-7-5-21(6-8-23)3-4-22-9-11-25-12-10-22/h1-2H,3-12H2. The molecule has 2 heterocycles. The molecule has 0 saturated carbocycles. The van der Waals surface area contributed by atoms with Crippen LogP contribution >= 0.6 is 0 Å². The molecule has 3 rings (SSSR count). The second-order valence-electron chi connectivity index (χ2n) is 6.31. The summed E-state index contributed by atoms with van der Waals surface area (Å²) in [4.78, 5) is 18.4. The minimum atomic E-state index is -1.60. The maximum Gasteiger partial charge on any atom is 0.257 e. The van der Waals surface area contributed by atoms with E-state index in [1.54, 1.807) is 0 Å². The van der Waals surface area contributed by atoms with Crippen LogP contribution in [-0.4, -0.2) is 86.2 Å². The average molecular weight is 357 g/mol. The molecule has 0 N–H and O–H groups in total. The Kier molecular flexibility index (Phi) is 5.93. The zero-order valence-electron chi connectivity index (χ0n) is 14.0. The van der Waals surface area contributed by atoms with Crippen molar-refractivity contribution in [3.63, 3.8) is 0 Å². The number of carbonyl (C=O) groups is 1. The third-order valence-corrected chi connectivity index (χ3v) is 4.76. The maximum atomic E-state index is 13.8. The molecule has 0 atom stereocenters. The molecule has 2 aliphatic heterocycles. The summed E-state index contributed by atoms with van der Waals surface area (Å²) in [5.41, 5.74) is -0.416. The van der Waals surface area contributed by atoms with Gasteiger partial charge in [-0.05, 0) is 12.1 Å². The zero-order valence-corrected chi connectivity index (χ0v) is 14.0. The van der Waals surface area contributed by atoms with Crippen LogP contribution in [0.3, 0.4) is 0 Å². The van der Waals surface area contributed by atoms with Gasteiger partial charge < -0.3 is 9.64 Å². The number of ether oxygens (including phenoxy) is 1. The van der Waals surface area contributed by atoms with Gasteiger partial charge in [-0.1, -0.05) is 0 Å². The van der Waals surface area contributed by atoms with Gasteiger partial charge in [-0.15, -0.1) is 0 Å². The summed E-state index contributed by atoms with van der Waals surface area (Å²) in [6.45, 7) is 7.52. The van der Waals surface area contributed by atoms with Crippen molar-refractivity contribution >= 4 is 5.91 Å². The van der Waals surface area contributed by atoms with Gasteiger partial charge in [0.25, 0.3) is 5.91 Å². The fourth-order valence-electron chi connectivity index (χ4n) is 3.14. The largest absolute Gasteiger partial charge is 0.379 e. The Hall–Kier alpha value is -1.64. The van der Waals surface area contributed by atoms with E-state index in [4.69, 9.17) is 4.74 Å². The van der Waals surface area contributed by atoms with Crippen molar-refractivity contribution in [2.45, 2.75) is 0 Å². The predicted octanol–water partition coefficient (Wildman–Crippen LogP) is 1.19. The van der Waals surface area contributed by atoms with Crippen LogP contribution in [0, 0.1) is 17.5 Å². The molecule has 2 saturated heterocycles. The number of hydrogen-bond acceptors (Lipinski definition) is 4. The van der Waals surface area contributed by atoms with Gasteiger partial charge in [-0.3, -0.25) is 14.6 Å². The van der Waals surface area contributed by atoms with E-state index in [1.165, 1.54) is 4.90 Å². The summed E-state index contributed by atoms with van der Waals surface area (Å²) >= 11 is 0. The highest BCUT2D eigenvalue weighted by atomic mass is 19.2. The van der Waals surface area contributed by atoms with Crippen molar-refractivity contribution in [3.05, 3.63) is 35.1 Å². The molecule has 0 radical (unpaired) electrons. The molecule has 1 amide bonds. The number of nitrogens with zero attached hydrogens (tertiary/aromatic N) is 3. The maximum absolute atomic E-state index is 13.8. The first-order valence-electron chi connectivity index (χ1n) is 8.51. The van der Waals surface area contributed by atoms with E-state index in [0.29, 0.717) is 26.2 Å². The fourth-order valence-corrected chi connectivity index (χ4v) is 3.14. The number of piperazine rings is 1. The van der Waals surface area contributed by atoms with Crippen molar-refractivity contribution in [2.75, 3.05) is 65.6 Å². The molecular formula is C17H22F3N3O2. The van der Waals surface area contributed by atoms with Gasteiger partial charge in [0, 0.05) is 52.4 Å². The number of benzene rings is 1. The first-order chi connectivity index (χ1) is 12.1. The summed E-state index contributed by atoms with van der Waals surface area (Å²) < 4.78 is 45.4. The van der Waals surface area contributed by atoms with Crippen LogP contribution in [0.25, 0.3) is 0 Å². The number of rotatable bonds is 4. The topological polar surface area (TPSA) is 36.0 Å². The van der Waals surface area contributed by atoms with Crippen LogP contribution in [0.4, 0.5) is 13.2 Å². The Morgan fingerprint density at radius 1 is 0.880 bits per heavy atom. The summed E-state index contributed by atoms with van der Waals surface area (Å²) in [5.74, 6) is -4.90. The van der Waals surface area contributed by atoms with Crippen molar-refractivity contribution in [3.8, 4) is 0 Å². The van der Waals surface area contributed by atoms with E-state index in [1.807, 2.05) is 0 Å². The fraction of sp³-hybridized carbons (Fsp3) is 0.588. The lowest BCUT2D eigenvalue weighted by Gasteiger charge is -2.36. The molecule has 0 spiro atoms. The Labute approximate surface area is 144 Å². The molecule has 25 heavy (non-hydrogen) atoms. The molecule has 138 valence electrons. The predicted molar refractivity (Wildman–Crippen MR) is 85.9 cm³/mol. The third-order valence-electron chi connectivity index (χ3n) is 4.76. The molecule has 0 unspecified atom stereocenters. The first kappa shape index (κ1) is 18.2. The molecule has 2 aliphatic rings. The summed E-state index contributed by atoms with van der Waals surface area (Å²) in [5, 5.41) is 0. The Balaban J connectivity index is 1.50. The minimum Gasteiger partial charge on any atom is -0.379 e. The molecular weight excluding hydrogens is 335 g/mol. The minimum absolute atomic E-state index is 0.416. The van der Waals surface area contributed by atoms with Gasteiger partial charge in [0.2, 0.25) is 0 Å². The van der Waals surface area contributed by atoms with Gasteiger partial charge in [-0.2, -0.15) is 0 Å². The van der Waals surface area contributed by atoms with Crippen LogP contribution in [-0.2, 0) is 4.74 Å². The van der Waals surface area contributed by atoms with Crippen molar-refractivity contribution < 1.29 is 22.7 Å². The van der Waals surface area contributed by atoms with E-state index in [0.717, 1.165) is 51.5 Å². The molecule has 0 bridgehead atoms. The second kappa shape index (κ2) is 8.16. The highest BCUT2D eigenvalue weighted by molar-refractivity contribution is 5.94. The lowest BCUT2D eigenvalue weighted by molar-refractivity contribution is 0.0293. The smallest absolute Gasteiger partial charge is 0.257 e. The van der Waals surface area contributed by atoms with Gasteiger partial charge in [0.15, 0.2) is 17.5 Å². The van der Waals surface area contributed by atoms with E-state index in [9.17, 15) is 18.0 Å². The number of carbonyl (C=O) groups excluding carboxylic acids is 1. The summed E-state index contributed by atoms with van der Waals surface area (Å²) in [6.07, 6.45) is 0. The van der Waals surface area contributed by atoms with Crippen LogP contribution in [0.15, 0.2) is 12.1 Å². The molecule has 8 heteroatoms. The number of hydrogen-bond donors (Lipinski definition) is 0. The Morgan fingerprint density at radius 2 is 1.48 bits per heavy atom. The molecule has 2 fully saturated rings. The second-order valence-corrected chi connectivity index (χ2v) is 6.31. The Morgan fingerprint density at radius 3 is 2.12 bits per heavy atom. The lowest BCUT2D eigenvalue weighted by atomic mass is 10.1. The molecule has 0 aliphatic carbocycles. The molecule has 1 aromatic rings. The monoisotopic (exact) mass is 357 g/mol. The SMILES string of the molecule is O=C(c1ccc(F)c(F)c1F)N1CCN(CCN2CCOCC2)CC1. The van der Waals surface area contributed by atoms with Crippen LogP contribution in [0.2, 0.25) is 0 Å². The van der Waals surface area contributed by atoms with E-state index < -0.39 is 28.9 Å². The summed E-state index contributed by atoms with van der Waals surface area (Å²) in [6, 6.07) is 1.78. The van der Waals surface area contributed by atoms with Gasteiger partial charge >= 0.3 is 0 Å². The van der Waals surface area contributed by atoms with Gasteiger partial charge in [0.1, 0.15) is 0 Å². The number of morpholine rings is 1. The zero-order chi connectivity index (χ0) is 17.8. The number of halogens is 3. The van der Waals surface area contributed by atoms with Gasteiger partial charge in [-0.25, -0.2) is 13.2 Å². The molecule has 1 aromatic carbocycles. The highest BCUT2D eigenvalue weighted by Gasteiger charge is 2.26. The van der Waals surface area contributed by atoms with Crippen molar-refractivity contribution in [1.82, 2.24) is 14.7 Å². The first-order valence-corrected chi connectivity index (χ1v) is 8.51. The number of amides is 1. The normalized spacial score (nSPS) is 20.0. The quantitative estimate of drug-likeness (QED) is 0.759. The van der Waals surface area contributed by atoms with E-state index in [-0.39, 0.29) is 0 Å². The average Bonchev–Trinajstić information content (AvgIpc) is 2.65. The van der Waals surface area contributed by atoms with E-state index >= 15 is 0 Å². The van der Waals surface area contributed by atoms with Crippen molar-refractivity contribution in [1.29, 1.82) is 0 Å². The Bertz CT molecular complexity index is 615.